The molecule has 0 saturated carbocycles. The van der Waals surface area contributed by atoms with Crippen molar-refractivity contribution in [2.45, 2.75) is 33.4 Å². The highest BCUT2D eigenvalue weighted by Gasteiger charge is 2.07. The topological polar surface area (TPSA) is 24.9 Å². The van der Waals surface area contributed by atoms with Crippen LogP contribution in [0.1, 0.15) is 34.1 Å². The van der Waals surface area contributed by atoms with Gasteiger partial charge < -0.3 is 5.32 Å². The Morgan fingerprint density at radius 1 is 1.24 bits per heavy atom. The van der Waals surface area contributed by atoms with Gasteiger partial charge in [0.15, 0.2) is 0 Å². The standard InChI is InChI=1S/C14H18N2S/c1-10-12(3)17-14(16-10)9-15-11(2)13-7-5-4-6-8-13/h4-8,11,15H,9H2,1-3H3. The van der Waals surface area contributed by atoms with Crippen molar-refractivity contribution in [2.75, 3.05) is 0 Å². The average molecular weight is 246 g/mol. The summed E-state index contributed by atoms with van der Waals surface area (Å²) in [6.07, 6.45) is 0. The lowest BCUT2D eigenvalue weighted by molar-refractivity contribution is 0.573. The minimum atomic E-state index is 0.362. The second-order valence-electron chi connectivity index (χ2n) is 4.26. The van der Waals surface area contributed by atoms with Crippen LogP contribution in [0, 0.1) is 13.8 Å². The number of hydrogen-bond acceptors (Lipinski definition) is 3. The van der Waals surface area contributed by atoms with Crippen molar-refractivity contribution >= 4 is 11.3 Å². The number of thiazole rings is 1. The highest BCUT2D eigenvalue weighted by Crippen LogP contribution is 2.18. The Hall–Kier alpha value is -1.19. The monoisotopic (exact) mass is 246 g/mol. The molecule has 0 radical (unpaired) electrons. The number of benzene rings is 1. The molecule has 1 N–H and O–H groups in total. The van der Waals surface area contributed by atoms with E-state index < -0.39 is 0 Å². The Morgan fingerprint density at radius 3 is 2.53 bits per heavy atom. The van der Waals surface area contributed by atoms with Gasteiger partial charge in [-0.2, -0.15) is 0 Å². The van der Waals surface area contributed by atoms with E-state index in [1.165, 1.54) is 15.4 Å². The van der Waals surface area contributed by atoms with E-state index >= 15 is 0 Å². The van der Waals surface area contributed by atoms with Crippen LogP contribution in [0.25, 0.3) is 0 Å². The van der Waals surface area contributed by atoms with Gasteiger partial charge in [-0.3, -0.25) is 0 Å². The molecule has 3 heteroatoms. The summed E-state index contributed by atoms with van der Waals surface area (Å²) >= 11 is 1.78. The summed E-state index contributed by atoms with van der Waals surface area (Å²) in [5.41, 5.74) is 2.47. The summed E-state index contributed by atoms with van der Waals surface area (Å²) in [4.78, 5) is 5.85. The van der Waals surface area contributed by atoms with Crippen molar-refractivity contribution in [3.8, 4) is 0 Å². The molecule has 1 aromatic carbocycles. The fourth-order valence-electron chi connectivity index (χ4n) is 1.71. The van der Waals surface area contributed by atoms with E-state index in [0.29, 0.717) is 6.04 Å². The van der Waals surface area contributed by atoms with Gasteiger partial charge in [-0.15, -0.1) is 11.3 Å². The largest absolute Gasteiger partial charge is 0.304 e. The van der Waals surface area contributed by atoms with Crippen molar-refractivity contribution in [1.29, 1.82) is 0 Å². The van der Waals surface area contributed by atoms with Gasteiger partial charge in [0, 0.05) is 17.5 Å². The lowest BCUT2D eigenvalue weighted by Crippen LogP contribution is -2.17. The molecular weight excluding hydrogens is 228 g/mol. The molecule has 17 heavy (non-hydrogen) atoms. The zero-order chi connectivity index (χ0) is 12.3. The fraction of sp³-hybridized carbons (Fsp3) is 0.357. The molecule has 2 rings (SSSR count). The maximum Gasteiger partial charge on any atom is 0.107 e. The highest BCUT2D eigenvalue weighted by atomic mass is 32.1. The van der Waals surface area contributed by atoms with Gasteiger partial charge in [0.25, 0.3) is 0 Å². The van der Waals surface area contributed by atoms with Crippen molar-refractivity contribution in [3.63, 3.8) is 0 Å². The molecule has 0 fully saturated rings. The molecule has 1 atom stereocenters. The smallest absolute Gasteiger partial charge is 0.107 e. The Kier molecular flexibility index (Phi) is 3.92. The normalized spacial score (nSPS) is 12.6. The van der Waals surface area contributed by atoms with Crippen LogP contribution in [0.15, 0.2) is 30.3 Å². The number of aromatic nitrogens is 1. The molecule has 1 unspecified atom stereocenters. The van der Waals surface area contributed by atoms with Crippen molar-refractivity contribution in [2.24, 2.45) is 0 Å². The summed E-state index contributed by atoms with van der Waals surface area (Å²) < 4.78 is 0. The Balaban J connectivity index is 1.94. The molecule has 0 spiro atoms. The molecule has 0 aliphatic heterocycles. The van der Waals surface area contributed by atoms with Crippen LogP contribution in [0.3, 0.4) is 0 Å². The zero-order valence-electron chi connectivity index (χ0n) is 10.5. The maximum absolute atomic E-state index is 4.53. The summed E-state index contributed by atoms with van der Waals surface area (Å²) in [6, 6.07) is 10.9. The first-order chi connectivity index (χ1) is 8.16. The zero-order valence-corrected chi connectivity index (χ0v) is 11.3. The maximum atomic E-state index is 4.53. The van der Waals surface area contributed by atoms with E-state index in [0.717, 1.165) is 12.2 Å². The molecule has 0 saturated heterocycles. The van der Waals surface area contributed by atoms with Crippen molar-refractivity contribution in [3.05, 3.63) is 51.5 Å². The van der Waals surface area contributed by atoms with Crippen LogP contribution in [-0.2, 0) is 6.54 Å². The number of hydrogen-bond donors (Lipinski definition) is 1. The molecule has 2 aromatic rings. The second-order valence-corrected chi connectivity index (χ2v) is 5.55. The summed E-state index contributed by atoms with van der Waals surface area (Å²) in [6.45, 7) is 7.21. The molecule has 2 nitrogen and oxygen atoms in total. The van der Waals surface area contributed by atoms with Gasteiger partial charge in [-0.05, 0) is 26.3 Å². The molecule has 1 heterocycles. The van der Waals surface area contributed by atoms with E-state index in [2.05, 4.69) is 55.3 Å². The highest BCUT2D eigenvalue weighted by molar-refractivity contribution is 7.11. The Labute approximate surface area is 107 Å². The molecule has 0 amide bonds. The minimum absolute atomic E-state index is 0.362. The molecule has 90 valence electrons. The Morgan fingerprint density at radius 2 is 1.94 bits per heavy atom. The molecule has 0 aliphatic rings. The van der Waals surface area contributed by atoms with Crippen molar-refractivity contribution in [1.82, 2.24) is 10.3 Å². The van der Waals surface area contributed by atoms with E-state index in [1.807, 2.05) is 6.07 Å². The van der Waals surface area contributed by atoms with E-state index in [9.17, 15) is 0 Å². The molecule has 0 aliphatic carbocycles. The predicted molar refractivity (Wildman–Crippen MR) is 73.3 cm³/mol. The van der Waals surface area contributed by atoms with E-state index in [4.69, 9.17) is 0 Å². The van der Waals surface area contributed by atoms with Crippen molar-refractivity contribution < 1.29 is 0 Å². The summed E-state index contributed by atoms with van der Waals surface area (Å²) in [5, 5.41) is 4.67. The number of rotatable bonds is 4. The first kappa shape index (κ1) is 12.3. The fourth-order valence-corrected chi connectivity index (χ4v) is 2.60. The third-order valence-corrected chi connectivity index (χ3v) is 4.00. The van der Waals surface area contributed by atoms with Gasteiger partial charge in [-0.25, -0.2) is 4.98 Å². The first-order valence-corrected chi connectivity index (χ1v) is 6.69. The minimum Gasteiger partial charge on any atom is -0.304 e. The Bertz CT molecular complexity index is 457. The third kappa shape index (κ3) is 3.14. The predicted octanol–water partition coefficient (Wildman–Crippen LogP) is 3.61. The number of nitrogens with one attached hydrogen (secondary N) is 1. The van der Waals surface area contributed by atoms with Crippen LogP contribution >= 0.6 is 11.3 Å². The summed E-state index contributed by atoms with van der Waals surface area (Å²) in [5.74, 6) is 0. The van der Waals surface area contributed by atoms with Crippen LogP contribution in [0.5, 0.6) is 0 Å². The molecular formula is C14H18N2S. The quantitative estimate of drug-likeness (QED) is 0.891. The molecule has 0 bridgehead atoms. The van der Waals surface area contributed by atoms with Crippen LogP contribution in [0.2, 0.25) is 0 Å². The first-order valence-electron chi connectivity index (χ1n) is 5.88. The van der Waals surface area contributed by atoms with Crippen LogP contribution < -0.4 is 5.32 Å². The van der Waals surface area contributed by atoms with Crippen LogP contribution in [0.4, 0.5) is 0 Å². The van der Waals surface area contributed by atoms with Gasteiger partial charge >= 0.3 is 0 Å². The summed E-state index contributed by atoms with van der Waals surface area (Å²) in [7, 11) is 0. The second kappa shape index (κ2) is 5.43. The van der Waals surface area contributed by atoms with Gasteiger partial charge in [-0.1, -0.05) is 30.3 Å². The van der Waals surface area contributed by atoms with Gasteiger partial charge in [0.05, 0.1) is 5.69 Å². The third-order valence-electron chi connectivity index (χ3n) is 2.93. The lowest BCUT2D eigenvalue weighted by atomic mass is 10.1. The van der Waals surface area contributed by atoms with Gasteiger partial charge in [0.2, 0.25) is 0 Å². The van der Waals surface area contributed by atoms with Gasteiger partial charge in [0.1, 0.15) is 5.01 Å². The van der Waals surface area contributed by atoms with E-state index in [1.54, 1.807) is 11.3 Å². The van der Waals surface area contributed by atoms with Crippen LogP contribution in [-0.4, -0.2) is 4.98 Å². The molecule has 1 aromatic heterocycles. The number of aryl methyl sites for hydroxylation is 2. The SMILES string of the molecule is Cc1nc(CNC(C)c2ccccc2)sc1C. The van der Waals surface area contributed by atoms with E-state index in [-0.39, 0.29) is 0 Å². The average Bonchev–Trinajstić information content (AvgIpc) is 2.67. The number of nitrogens with zero attached hydrogens (tertiary/aromatic N) is 1. The lowest BCUT2D eigenvalue weighted by Gasteiger charge is -2.12.